The molecule has 0 fully saturated rings. The third kappa shape index (κ3) is 2.50. The third-order valence-corrected chi connectivity index (χ3v) is 2.27. The van der Waals surface area contributed by atoms with Crippen LogP contribution >= 0.6 is 0 Å². The zero-order valence-corrected chi connectivity index (χ0v) is 8.08. The maximum absolute atomic E-state index is 13.2. The highest BCUT2D eigenvalue weighted by molar-refractivity contribution is 5.74. The molecule has 1 aromatic rings. The fraction of sp³-hybridized carbons (Fsp3) is 0.300. The lowest BCUT2D eigenvalue weighted by Gasteiger charge is -2.16. The van der Waals surface area contributed by atoms with E-state index in [1.165, 1.54) is 6.92 Å². The summed E-state index contributed by atoms with van der Waals surface area (Å²) in [5.41, 5.74) is 5.30. The van der Waals surface area contributed by atoms with Gasteiger partial charge in [-0.25, -0.2) is 8.78 Å². The first-order valence-electron chi connectivity index (χ1n) is 4.37. The Morgan fingerprint density at radius 1 is 1.47 bits per heavy atom. The summed E-state index contributed by atoms with van der Waals surface area (Å²) in [6.45, 7) is 1.44. The van der Waals surface area contributed by atoms with E-state index < -0.39 is 29.6 Å². The van der Waals surface area contributed by atoms with E-state index in [1.54, 1.807) is 0 Å². The SMILES string of the molecule is CC(c1cc(F)ccc1F)C(N)C(=O)O. The van der Waals surface area contributed by atoms with Crippen LogP contribution in [-0.2, 0) is 4.79 Å². The Labute approximate surface area is 85.5 Å². The normalized spacial score (nSPS) is 14.7. The van der Waals surface area contributed by atoms with Crippen molar-refractivity contribution in [3.63, 3.8) is 0 Å². The lowest BCUT2D eigenvalue weighted by molar-refractivity contribution is -0.139. The Hall–Kier alpha value is -1.49. The summed E-state index contributed by atoms with van der Waals surface area (Å²) < 4.78 is 26.0. The monoisotopic (exact) mass is 215 g/mol. The van der Waals surface area contributed by atoms with Crippen LogP contribution in [0.15, 0.2) is 18.2 Å². The fourth-order valence-electron chi connectivity index (χ4n) is 1.27. The number of halogens is 2. The number of hydrogen-bond donors (Lipinski definition) is 2. The van der Waals surface area contributed by atoms with Crippen molar-refractivity contribution in [1.29, 1.82) is 0 Å². The average molecular weight is 215 g/mol. The second kappa shape index (κ2) is 4.35. The van der Waals surface area contributed by atoms with E-state index in [0.717, 1.165) is 18.2 Å². The van der Waals surface area contributed by atoms with Gasteiger partial charge in [-0.15, -0.1) is 0 Å². The zero-order chi connectivity index (χ0) is 11.6. The number of benzene rings is 1. The Kier molecular flexibility index (Phi) is 3.36. The van der Waals surface area contributed by atoms with Crippen LogP contribution in [0.25, 0.3) is 0 Å². The maximum Gasteiger partial charge on any atom is 0.321 e. The molecule has 1 aromatic carbocycles. The molecule has 0 aliphatic heterocycles. The molecule has 0 saturated carbocycles. The van der Waals surface area contributed by atoms with E-state index in [4.69, 9.17) is 10.8 Å². The molecule has 0 radical (unpaired) electrons. The van der Waals surface area contributed by atoms with Crippen molar-refractivity contribution in [2.75, 3.05) is 0 Å². The average Bonchev–Trinajstić information content (AvgIpc) is 2.19. The van der Waals surface area contributed by atoms with Gasteiger partial charge in [0.2, 0.25) is 0 Å². The molecule has 0 bridgehead atoms. The molecule has 0 aliphatic rings. The van der Waals surface area contributed by atoms with Gasteiger partial charge in [-0.2, -0.15) is 0 Å². The number of carboxylic acids is 1. The van der Waals surface area contributed by atoms with Crippen molar-refractivity contribution >= 4 is 5.97 Å². The van der Waals surface area contributed by atoms with Crippen LogP contribution in [0.5, 0.6) is 0 Å². The lowest BCUT2D eigenvalue weighted by atomic mass is 9.93. The van der Waals surface area contributed by atoms with Crippen LogP contribution in [0.1, 0.15) is 18.4 Å². The van der Waals surface area contributed by atoms with Crippen molar-refractivity contribution in [2.24, 2.45) is 5.73 Å². The molecule has 0 heterocycles. The van der Waals surface area contributed by atoms with Gasteiger partial charge in [0.1, 0.15) is 17.7 Å². The zero-order valence-electron chi connectivity index (χ0n) is 8.08. The van der Waals surface area contributed by atoms with Gasteiger partial charge in [0.15, 0.2) is 0 Å². The molecule has 5 heteroatoms. The number of rotatable bonds is 3. The van der Waals surface area contributed by atoms with Crippen molar-refractivity contribution in [1.82, 2.24) is 0 Å². The van der Waals surface area contributed by atoms with Gasteiger partial charge in [0.25, 0.3) is 0 Å². The molecular formula is C10H11F2NO2. The molecule has 0 aliphatic carbocycles. The third-order valence-electron chi connectivity index (χ3n) is 2.27. The number of aliphatic carboxylic acids is 1. The van der Waals surface area contributed by atoms with E-state index in [9.17, 15) is 13.6 Å². The first-order chi connectivity index (χ1) is 6.93. The summed E-state index contributed by atoms with van der Waals surface area (Å²) in [6.07, 6.45) is 0. The highest BCUT2D eigenvalue weighted by atomic mass is 19.1. The molecule has 0 spiro atoms. The summed E-state index contributed by atoms with van der Waals surface area (Å²) in [5.74, 6) is -3.29. The molecule has 0 saturated heterocycles. The molecule has 2 atom stereocenters. The van der Waals surface area contributed by atoms with E-state index >= 15 is 0 Å². The minimum absolute atomic E-state index is 0.0232. The molecule has 82 valence electrons. The quantitative estimate of drug-likeness (QED) is 0.802. The van der Waals surface area contributed by atoms with Gasteiger partial charge >= 0.3 is 5.97 Å². The number of carbonyl (C=O) groups is 1. The Balaban J connectivity index is 3.04. The molecule has 1 rings (SSSR count). The molecular weight excluding hydrogens is 204 g/mol. The van der Waals surface area contributed by atoms with Crippen molar-refractivity contribution in [2.45, 2.75) is 18.9 Å². The first kappa shape index (κ1) is 11.6. The predicted octanol–water partition coefficient (Wildman–Crippen LogP) is 1.48. The van der Waals surface area contributed by atoms with E-state index in [2.05, 4.69) is 0 Å². The number of carboxylic acid groups (broad SMARTS) is 1. The van der Waals surface area contributed by atoms with Crippen LogP contribution in [0.4, 0.5) is 8.78 Å². The van der Waals surface area contributed by atoms with Crippen LogP contribution in [0, 0.1) is 11.6 Å². The number of hydrogen-bond acceptors (Lipinski definition) is 2. The summed E-state index contributed by atoms with van der Waals surface area (Å²) >= 11 is 0. The largest absolute Gasteiger partial charge is 0.480 e. The van der Waals surface area contributed by atoms with Gasteiger partial charge in [-0.05, 0) is 23.8 Å². The van der Waals surface area contributed by atoms with Crippen LogP contribution in [0.3, 0.4) is 0 Å². The Bertz CT molecular complexity index is 382. The standard InChI is InChI=1S/C10H11F2NO2/c1-5(9(13)10(14)15)7-4-6(11)2-3-8(7)12/h2-5,9H,13H2,1H3,(H,14,15). The summed E-state index contributed by atoms with van der Waals surface area (Å²) in [6, 6.07) is 1.64. The van der Waals surface area contributed by atoms with Crippen LogP contribution in [0.2, 0.25) is 0 Å². The van der Waals surface area contributed by atoms with E-state index in [1.807, 2.05) is 0 Å². The van der Waals surface area contributed by atoms with Gasteiger partial charge in [0.05, 0.1) is 0 Å². The minimum Gasteiger partial charge on any atom is -0.480 e. The van der Waals surface area contributed by atoms with Gasteiger partial charge in [0, 0.05) is 5.92 Å². The van der Waals surface area contributed by atoms with E-state index in [-0.39, 0.29) is 5.56 Å². The molecule has 3 N–H and O–H groups in total. The van der Waals surface area contributed by atoms with Crippen LogP contribution < -0.4 is 5.73 Å². The second-order valence-corrected chi connectivity index (χ2v) is 3.32. The van der Waals surface area contributed by atoms with Crippen molar-refractivity contribution < 1.29 is 18.7 Å². The molecule has 15 heavy (non-hydrogen) atoms. The summed E-state index contributed by atoms with van der Waals surface area (Å²) in [5, 5.41) is 8.63. The Morgan fingerprint density at radius 2 is 2.07 bits per heavy atom. The highest BCUT2D eigenvalue weighted by Crippen LogP contribution is 2.22. The van der Waals surface area contributed by atoms with Crippen molar-refractivity contribution in [3.8, 4) is 0 Å². The van der Waals surface area contributed by atoms with Crippen LogP contribution in [-0.4, -0.2) is 17.1 Å². The topological polar surface area (TPSA) is 63.3 Å². The Morgan fingerprint density at radius 3 is 2.60 bits per heavy atom. The van der Waals surface area contributed by atoms with Gasteiger partial charge in [-0.3, -0.25) is 4.79 Å². The fourth-order valence-corrected chi connectivity index (χ4v) is 1.27. The molecule has 0 amide bonds. The summed E-state index contributed by atoms with van der Waals surface area (Å²) in [7, 11) is 0. The molecule has 3 nitrogen and oxygen atoms in total. The van der Waals surface area contributed by atoms with Gasteiger partial charge < -0.3 is 10.8 Å². The summed E-state index contributed by atoms with van der Waals surface area (Å²) in [4.78, 5) is 10.6. The van der Waals surface area contributed by atoms with Crippen molar-refractivity contribution in [3.05, 3.63) is 35.4 Å². The lowest BCUT2D eigenvalue weighted by Crippen LogP contribution is -2.35. The predicted molar refractivity (Wildman–Crippen MR) is 50.4 cm³/mol. The second-order valence-electron chi connectivity index (χ2n) is 3.32. The van der Waals surface area contributed by atoms with E-state index in [0.29, 0.717) is 0 Å². The maximum atomic E-state index is 13.2. The van der Waals surface area contributed by atoms with Gasteiger partial charge in [-0.1, -0.05) is 6.92 Å². The highest BCUT2D eigenvalue weighted by Gasteiger charge is 2.24. The minimum atomic E-state index is -1.25. The smallest absolute Gasteiger partial charge is 0.321 e. The molecule has 2 unspecified atom stereocenters. The number of nitrogens with two attached hydrogens (primary N) is 1. The molecule has 0 aromatic heterocycles. The first-order valence-corrected chi connectivity index (χ1v) is 4.37.